The van der Waals surface area contributed by atoms with E-state index >= 15 is 0 Å². The van der Waals surface area contributed by atoms with E-state index in [2.05, 4.69) is 0 Å². The Morgan fingerprint density at radius 2 is 2.00 bits per heavy atom. The van der Waals surface area contributed by atoms with E-state index in [1.807, 2.05) is 0 Å². The van der Waals surface area contributed by atoms with Crippen molar-refractivity contribution in [2.24, 2.45) is 0 Å². The Balaban J connectivity index is 3.74. The first-order valence-electron chi connectivity index (χ1n) is 4.09. The van der Waals surface area contributed by atoms with Crippen LogP contribution in [-0.4, -0.2) is 38.7 Å². The molecule has 0 radical (unpaired) electrons. The smallest absolute Gasteiger partial charge is 0.292 e. The van der Waals surface area contributed by atoms with Crippen molar-refractivity contribution in [3.8, 4) is 0 Å². The van der Waals surface area contributed by atoms with Crippen LogP contribution in [0.4, 0.5) is 0 Å². The van der Waals surface area contributed by atoms with Crippen LogP contribution in [0, 0.1) is 0 Å². The highest BCUT2D eigenvalue weighted by Gasteiger charge is 2.20. The molecule has 5 nitrogen and oxygen atoms in total. The first kappa shape index (κ1) is 12.8. The summed E-state index contributed by atoms with van der Waals surface area (Å²) in [4.78, 5) is 0. The van der Waals surface area contributed by atoms with Crippen molar-refractivity contribution in [3.05, 3.63) is 0 Å². The summed E-state index contributed by atoms with van der Waals surface area (Å²) in [7, 11) is -2.51. The summed E-state index contributed by atoms with van der Waals surface area (Å²) in [6.07, 6.45) is 0.855. The Kier molecular flexibility index (Phi) is 6.23. The van der Waals surface area contributed by atoms with Crippen LogP contribution >= 0.6 is 0 Å². The van der Waals surface area contributed by atoms with Gasteiger partial charge in [-0.3, -0.25) is 4.55 Å². The van der Waals surface area contributed by atoms with Crippen molar-refractivity contribution in [3.63, 3.8) is 0 Å². The summed E-state index contributed by atoms with van der Waals surface area (Å²) in [6, 6.07) is 0. The molecule has 80 valence electrons. The average molecular weight is 212 g/mol. The third-order valence-electron chi connectivity index (χ3n) is 1.46. The Labute approximate surface area is 78.8 Å². The van der Waals surface area contributed by atoms with Crippen molar-refractivity contribution in [1.82, 2.24) is 0 Å². The lowest BCUT2D eigenvalue weighted by Gasteiger charge is -2.12. The Morgan fingerprint density at radius 3 is 2.38 bits per heavy atom. The van der Waals surface area contributed by atoms with Crippen LogP contribution in [0.25, 0.3) is 0 Å². The fourth-order valence-electron chi connectivity index (χ4n) is 0.832. The molecule has 0 aliphatic carbocycles. The molecule has 13 heavy (non-hydrogen) atoms. The standard InChI is InChI=1S/C7H16O5S/c1-3-7(13(8,9)10)12-6-4-5-11-2/h7H,3-6H2,1-2H3,(H,8,9,10). The summed E-state index contributed by atoms with van der Waals surface area (Å²) >= 11 is 0. The molecule has 0 aromatic carbocycles. The van der Waals surface area contributed by atoms with Crippen molar-refractivity contribution in [2.75, 3.05) is 20.3 Å². The minimum absolute atomic E-state index is 0.242. The molecule has 1 N–H and O–H groups in total. The molecule has 0 saturated carbocycles. The van der Waals surface area contributed by atoms with E-state index in [0.717, 1.165) is 0 Å². The van der Waals surface area contributed by atoms with Gasteiger partial charge in [-0.25, -0.2) is 0 Å². The molecular formula is C7H16O5S. The van der Waals surface area contributed by atoms with Gasteiger partial charge in [0.25, 0.3) is 10.1 Å². The van der Waals surface area contributed by atoms with E-state index in [4.69, 9.17) is 14.0 Å². The van der Waals surface area contributed by atoms with Crippen molar-refractivity contribution in [2.45, 2.75) is 25.2 Å². The lowest BCUT2D eigenvalue weighted by molar-refractivity contribution is 0.0756. The van der Waals surface area contributed by atoms with Crippen molar-refractivity contribution in [1.29, 1.82) is 0 Å². The number of ether oxygens (including phenoxy) is 2. The zero-order chi connectivity index (χ0) is 10.3. The molecule has 0 amide bonds. The van der Waals surface area contributed by atoms with Gasteiger partial charge in [0, 0.05) is 13.7 Å². The molecule has 1 unspecified atom stereocenters. The fourth-order valence-corrected chi connectivity index (χ4v) is 1.52. The lowest BCUT2D eigenvalue weighted by atomic mass is 10.5. The first-order valence-corrected chi connectivity index (χ1v) is 5.59. The van der Waals surface area contributed by atoms with Crippen molar-refractivity contribution < 1.29 is 22.4 Å². The molecule has 0 rings (SSSR count). The largest absolute Gasteiger partial charge is 0.385 e. The Bertz CT molecular complexity index is 211. The molecule has 0 aliphatic rings. The third kappa shape index (κ3) is 5.98. The van der Waals surface area contributed by atoms with Crippen LogP contribution in [0.15, 0.2) is 0 Å². The molecule has 0 aliphatic heterocycles. The van der Waals surface area contributed by atoms with Gasteiger partial charge in [0.2, 0.25) is 0 Å². The van der Waals surface area contributed by atoms with Crippen LogP contribution in [0.2, 0.25) is 0 Å². The number of hydrogen-bond donors (Lipinski definition) is 1. The maximum atomic E-state index is 10.6. The van der Waals surface area contributed by atoms with Crippen LogP contribution in [-0.2, 0) is 19.6 Å². The van der Waals surface area contributed by atoms with Gasteiger partial charge in [-0.05, 0) is 12.8 Å². The summed E-state index contributed by atoms with van der Waals surface area (Å²) in [5.41, 5.74) is -1.11. The number of methoxy groups -OCH3 is 1. The highest BCUT2D eigenvalue weighted by molar-refractivity contribution is 7.86. The van der Waals surface area contributed by atoms with Crippen LogP contribution in [0.5, 0.6) is 0 Å². The lowest BCUT2D eigenvalue weighted by Crippen LogP contribution is -2.23. The monoisotopic (exact) mass is 212 g/mol. The van der Waals surface area contributed by atoms with Gasteiger partial charge in [-0.2, -0.15) is 8.42 Å². The van der Waals surface area contributed by atoms with Gasteiger partial charge in [0.1, 0.15) is 0 Å². The normalized spacial score (nSPS) is 14.4. The molecule has 0 saturated heterocycles. The van der Waals surface area contributed by atoms with Gasteiger partial charge in [-0.15, -0.1) is 0 Å². The van der Waals surface area contributed by atoms with E-state index in [1.54, 1.807) is 14.0 Å². The van der Waals surface area contributed by atoms with Gasteiger partial charge in [-0.1, -0.05) is 6.92 Å². The molecule has 0 fully saturated rings. The molecule has 0 heterocycles. The molecule has 0 spiro atoms. The van der Waals surface area contributed by atoms with Crippen LogP contribution in [0.1, 0.15) is 19.8 Å². The summed E-state index contributed by atoms with van der Waals surface area (Å²) < 4.78 is 39.6. The van der Waals surface area contributed by atoms with E-state index < -0.39 is 15.6 Å². The predicted molar refractivity (Wildman–Crippen MR) is 48.1 cm³/mol. The van der Waals surface area contributed by atoms with E-state index in [9.17, 15) is 8.42 Å². The third-order valence-corrected chi connectivity index (χ3v) is 2.60. The maximum Gasteiger partial charge on any atom is 0.292 e. The number of rotatable bonds is 7. The zero-order valence-corrected chi connectivity index (χ0v) is 8.71. The zero-order valence-electron chi connectivity index (χ0n) is 7.89. The van der Waals surface area contributed by atoms with Gasteiger partial charge in [0.05, 0.1) is 6.61 Å². The fraction of sp³-hybridized carbons (Fsp3) is 1.00. The quantitative estimate of drug-likeness (QED) is 0.496. The average Bonchev–Trinajstić information content (AvgIpc) is 2.02. The van der Waals surface area contributed by atoms with Gasteiger partial charge >= 0.3 is 0 Å². The van der Waals surface area contributed by atoms with Gasteiger partial charge in [0.15, 0.2) is 5.44 Å². The minimum atomic E-state index is -4.07. The second-order valence-corrected chi connectivity index (χ2v) is 4.13. The topological polar surface area (TPSA) is 72.8 Å². The van der Waals surface area contributed by atoms with Gasteiger partial charge < -0.3 is 9.47 Å². The molecule has 0 aromatic rings. The molecular weight excluding hydrogens is 196 g/mol. The Hall–Kier alpha value is -0.170. The summed E-state index contributed by atoms with van der Waals surface area (Å²) in [5, 5.41) is 0. The highest BCUT2D eigenvalue weighted by atomic mass is 32.2. The minimum Gasteiger partial charge on any atom is -0.385 e. The highest BCUT2D eigenvalue weighted by Crippen LogP contribution is 2.05. The molecule has 0 bridgehead atoms. The SMILES string of the molecule is CCC(OCCCOC)S(=O)(=O)O. The number of hydrogen-bond acceptors (Lipinski definition) is 4. The second-order valence-electron chi connectivity index (χ2n) is 2.57. The van der Waals surface area contributed by atoms with Crippen LogP contribution < -0.4 is 0 Å². The summed E-state index contributed by atoms with van der Waals surface area (Å²) in [6.45, 7) is 2.42. The van der Waals surface area contributed by atoms with Crippen molar-refractivity contribution >= 4 is 10.1 Å². The molecule has 6 heteroatoms. The Morgan fingerprint density at radius 1 is 1.38 bits per heavy atom. The second kappa shape index (κ2) is 6.31. The molecule has 0 aromatic heterocycles. The molecule has 1 atom stereocenters. The van der Waals surface area contributed by atoms with E-state index in [-0.39, 0.29) is 13.0 Å². The predicted octanol–water partition coefficient (Wildman–Crippen LogP) is 0.663. The van der Waals surface area contributed by atoms with E-state index in [1.165, 1.54) is 0 Å². The van der Waals surface area contributed by atoms with Crippen LogP contribution in [0.3, 0.4) is 0 Å². The maximum absolute atomic E-state index is 10.6. The first-order chi connectivity index (χ1) is 6.02. The van der Waals surface area contributed by atoms with E-state index in [0.29, 0.717) is 13.0 Å². The summed E-state index contributed by atoms with van der Waals surface area (Å²) in [5.74, 6) is 0.